The van der Waals surface area contributed by atoms with E-state index in [9.17, 15) is 9.59 Å². The number of amides is 1. The number of thiazole rings is 1. The topological polar surface area (TPSA) is 76.9 Å². The summed E-state index contributed by atoms with van der Waals surface area (Å²) in [5.74, 6) is 0.496. The van der Waals surface area contributed by atoms with Gasteiger partial charge in [-0.05, 0) is 30.5 Å². The maximum Gasteiger partial charge on any atom is 0.251 e. The molecule has 0 spiro atoms. The zero-order valence-electron chi connectivity index (χ0n) is 15.5. The fourth-order valence-electron chi connectivity index (χ4n) is 2.77. The Kier molecular flexibility index (Phi) is 5.81. The molecule has 140 valence electrons. The van der Waals surface area contributed by atoms with Crippen LogP contribution in [0, 0.1) is 12.8 Å². The highest BCUT2D eigenvalue weighted by Crippen LogP contribution is 2.14. The third-order valence-corrected chi connectivity index (χ3v) is 5.16. The third kappa shape index (κ3) is 4.49. The highest BCUT2D eigenvalue weighted by molar-refractivity contribution is 7.11. The van der Waals surface area contributed by atoms with E-state index in [0.717, 1.165) is 11.4 Å². The van der Waals surface area contributed by atoms with Gasteiger partial charge in [-0.15, -0.1) is 11.3 Å². The first-order chi connectivity index (χ1) is 13.0. The van der Waals surface area contributed by atoms with E-state index in [4.69, 9.17) is 0 Å². The number of Topliss-reactive ketones (excluding diaryl/α,β-unsaturated/α-hetero) is 1. The number of aryl methyl sites for hydroxylation is 1. The zero-order valence-corrected chi connectivity index (χ0v) is 16.4. The Morgan fingerprint density at radius 3 is 2.44 bits per heavy atom. The molecule has 0 saturated heterocycles. The minimum Gasteiger partial charge on any atom is -0.341 e. The predicted molar refractivity (Wildman–Crippen MR) is 105 cm³/mol. The summed E-state index contributed by atoms with van der Waals surface area (Å²) in [6, 6.07) is 6.80. The van der Waals surface area contributed by atoms with Crippen molar-refractivity contribution < 1.29 is 9.59 Å². The van der Waals surface area contributed by atoms with Crippen molar-refractivity contribution in [2.75, 3.05) is 0 Å². The number of nitrogens with zero attached hydrogens (tertiary/aromatic N) is 3. The van der Waals surface area contributed by atoms with Crippen molar-refractivity contribution in [2.45, 2.75) is 33.4 Å². The van der Waals surface area contributed by atoms with Crippen molar-refractivity contribution in [3.8, 4) is 0 Å². The number of benzene rings is 1. The van der Waals surface area contributed by atoms with Crippen LogP contribution in [0.1, 0.15) is 45.4 Å². The maximum atomic E-state index is 12.6. The first kappa shape index (κ1) is 19.0. The van der Waals surface area contributed by atoms with E-state index < -0.39 is 6.04 Å². The first-order valence-corrected chi connectivity index (χ1v) is 9.65. The molecule has 0 aliphatic heterocycles. The Hall–Kier alpha value is -2.80. The van der Waals surface area contributed by atoms with Crippen LogP contribution in [0.5, 0.6) is 0 Å². The summed E-state index contributed by atoms with van der Waals surface area (Å²) in [4.78, 5) is 33.5. The van der Waals surface area contributed by atoms with Crippen LogP contribution in [-0.2, 0) is 6.54 Å². The smallest absolute Gasteiger partial charge is 0.251 e. The van der Waals surface area contributed by atoms with Gasteiger partial charge in [-0.1, -0.05) is 26.0 Å². The molecule has 3 rings (SSSR count). The van der Waals surface area contributed by atoms with Gasteiger partial charge in [0.2, 0.25) is 5.78 Å². The molecular formula is C20H22N4O2S. The van der Waals surface area contributed by atoms with Crippen LogP contribution in [0.15, 0.2) is 48.2 Å². The van der Waals surface area contributed by atoms with Crippen LogP contribution in [-0.4, -0.2) is 32.3 Å². The van der Waals surface area contributed by atoms with Gasteiger partial charge in [0, 0.05) is 36.1 Å². The molecule has 0 aliphatic rings. The second-order valence-electron chi connectivity index (χ2n) is 6.70. The molecule has 1 N–H and O–H groups in total. The van der Waals surface area contributed by atoms with Crippen molar-refractivity contribution in [3.05, 3.63) is 70.2 Å². The van der Waals surface area contributed by atoms with Crippen LogP contribution in [0.25, 0.3) is 0 Å². The highest BCUT2D eigenvalue weighted by atomic mass is 32.1. The van der Waals surface area contributed by atoms with Crippen LogP contribution in [0.4, 0.5) is 0 Å². The molecule has 0 saturated carbocycles. The Labute approximate surface area is 162 Å². The lowest BCUT2D eigenvalue weighted by atomic mass is 9.99. The number of hydrogen-bond acceptors (Lipinski definition) is 5. The average Bonchev–Trinajstić information content (AvgIpc) is 3.32. The van der Waals surface area contributed by atoms with Gasteiger partial charge in [-0.3, -0.25) is 9.59 Å². The van der Waals surface area contributed by atoms with Crippen molar-refractivity contribution >= 4 is 23.0 Å². The number of imidazole rings is 1. The molecule has 6 nitrogen and oxygen atoms in total. The maximum absolute atomic E-state index is 12.6. The van der Waals surface area contributed by atoms with Crippen molar-refractivity contribution in [1.82, 2.24) is 19.9 Å². The lowest BCUT2D eigenvalue weighted by Crippen LogP contribution is -2.44. The normalized spacial score (nSPS) is 12.1. The summed E-state index contributed by atoms with van der Waals surface area (Å²) in [6.07, 6.45) is 5.29. The predicted octanol–water partition coefficient (Wildman–Crippen LogP) is 3.33. The molecule has 1 amide bonds. The minimum atomic E-state index is -0.600. The molecule has 27 heavy (non-hydrogen) atoms. The van der Waals surface area contributed by atoms with Gasteiger partial charge >= 0.3 is 0 Å². The van der Waals surface area contributed by atoms with Gasteiger partial charge in [0.15, 0.2) is 5.01 Å². The van der Waals surface area contributed by atoms with Crippen LogP contribution in [0.2, 0.25) is 0 Å². The SMILES string of the molecule is Cc1nccn1Cc1ccc(C(=O)NC(C(=O)c2nccs2)C(C)C)cc1. The van der Waals surface area contributed by atoms with E-state index in [2.05, 4.69) is 15.3 Å². The average molecular weight is 382 g/mol. The third-order valence-electron chi connectivity index (χ3n) is 4.37. The molecule has 1 aromatic carbocycles. The summed E-state index contributed by atoms with van der Waals surface area (Å²) >= 11 is 1.28. The Balaban J connectivity index is 1.69. The molecule has 2 heterocycles. The van der Waals surface area contributed by atoms with E-state index in [-0.39, 0.29) is 17.6 Å². The molecular weight excluding hydrogens is 360 g/mol. The number of carbonyl (C=O) groups excluding carboxylic acids is 2. The first-order valence-electron chi connectivity index (χ1n) is 8.77. The van der Waals surface area contributed by atoms with Gasteiger partial charge < -0.3 is 9.88 Å². The van der Waals surface area contributed by atoms with E-state index in [0.29, 0.717) is 17.1 Å². The number of carbonyl (C=O) groups is 2. The second kappa shape index (κ2) is 8.26. The fraction of sp³-hybridized carbons (Fsp3) is 0.300. The van der Waals surface area contributed by atoms with Crippen molar-refractivity contribution in [3.63, 3.8) is 0 Å². The van der Waals surface area contributed by atoms with Gasteiger partial charge in [0.25, 0.3) is 5.91 Å². The Morgan fingerprint density at radius 2 is 1.89 bits per heavy atom. The summed E-state index contributed by atoms with van der Waals surface area (Å²) < 4.78 is 2.04. The molecule has 0 aliphatic carbocycles. The van der Waals surface area contributed by atoms with E-state index in [1.165, 1.54) is 11.3 Å². The van der Waals surface area contributed by atoms with Crippen molar-refractivity contribution in [1.29, 1.82) is 0 Å². The van der Waals surface area contributed by atoms with Gasteiger partial charge in [0.1, 0.15) is 5.82 Å². The zero-order chi connectivity index (χ0) is 19.4. The lowest BCUT2D eigenvalue weighted by molar-refractivity contribution is 0.0831. The molecule has 7 heteroatoms. The number of hydrogen-bond donors (Lipinski definition) is 1. The second-order valence-corrected chi connectivity index (χ2v) is 7.59. The van der Waals surface area contributed by atoms with Gasteiger partial charge in [0.05, 0.1) is 6.04 Å². The molecule has 0 radical (unpaired) electrons. The monoisotopic (exact) mass is 382 g/mol. The lowest BCUT2D eigenvalue weighted by Gasteiger charge is -2.20. The summed E-state index contributed by atoms with van der Waals surface area (Å²) in [6.45, 7) is 6.47. The van der Waals surface area contributed by atoms with Crippen molar-refractivity contribution in [2.24, 2.45) is 5.92 Å². The Morgan fingerprint density at radius 1 is 1.15 bits per heavy atom. The number of rotatable bonds is 7. The van der Waals surface area contributed by atoms with Crippen LogP contribution < -0.4 is 5.32 Å². The molecule has 1 atom stereocenters. The highest BCUT2D eigenvalue weighted by Gasteiger charge is 2.27. The van der Waals surface area contributed by atoms with Crippen LogP contribution >= 0.6 is 11.3 Å². The Bertz CT molecular complexity index is 914. The molecule has 0 bridgehead atoms. The number of nitrogens with one attached hydrogen (secondary N) is 1. The van der Waals surface area contributed by atoms with Gasteiger partial charge in [-0.25, -0.2) is 9.97 Å². The van der Waals surface area contributed by atoms with Gasteiger partial charge in [-0.2, -0.15) is 0 Å². The number of ketones is 1. The quantitative estimate of drug-likeness (QED) is 0.636. The van der Waals surface area contributed by atoms with E-state index >= 15 is 0 Å². The summed E-state index contributed by atoms with van der Waals surface area (Å²) in [7, 11) is 0. The largest absolute Gasteiger partial charge is 0.341 e. The molecule has 3 aromatic rings. The standard InChI is InChI=1S/C20H22N4O2S/c1-13(2)17(18(25)20-22-9-11-27-20)23-19(26)16-6-4-15(5-7-16)12-24-10-8-21-14(24)3/h4-11,13,17H,12H2,1-3H3,(H,23,26). The van der Waals surface area contributed by atoms with E-state index in [1.807, 2.05) is 43.7 Å². The fourth-order valence-corrected chi connectivity index (χ4v) is 3.38. The summed E-state index contributed by atoms with van der Waals surface area (Å²) in [5, 5.41) is 5.03. The molecule has 2 aromatic heterocycles. The van der Waals surface area contributed by atoms with Crippen LogP contribution in [0.3, 0.4) is 0 Å². The minimum absolute atomic E-state index is 0.0335. The molecule has 0 fully saturated rings. The summed E-state index contributed by atoms with van der Waals surface area (Å²) in [5.41, 5.74) is 1.60. The molecule has 1 unspecified atom stereocenters. The van der Waals surface area contributed by atoms with E-state index in [1.54, 1.807) is 29.9 Å². The number of aromatic nitrogens is 3.